The molecular weight excluding hydrogens is 228 g/mol. The number of hydrogen-bond donors (Lipinski definition) is 1. The van der Waals surface area contributed by atoms with Gasteiger partial charge in [-0.25, -0.2) is 9.50 Å². The molecule has 0 bridgehead atoms. The largest absolute Gasteiger partial charge is 0.366 e. The van der Waals surface area contributed by atoms with Gasteiger partial charge in [-0.2, -0.15) is 5.10 Å². The maximum Gasteiger partial charge on any atom is 0.248 e. The van der Waals surface area contributed by atoms with Gasteiger partial charge in [0.15, 0.2) is 5.65 Å². The smallest absolute Gasteiger partial charge is 0.248 e. The third-order valence-corrected chi connectivity index (χ3v) is 2.75. The molecular formula is C13H10N4O. The van der Waals surface area contributed by atoms with Crippen LogP contribution in [0.5, 0.6) is 0 Å². The summed E-state index contributed by atoms with van der Waals surface area (Å²) in [6.45, 7) is 0. The molecule has 18 heavy (non-hydrogen) atoms. The summed E-state index contributed by atoms with van der Waals surface area (Å²) in [4.78, 5) is 15.2. The first kappa shape index (κ1) is 10.5. The average Bonchev–Trinajstić information content (AvgIpc) is 2.86. The van der Waals surface area contributed by atoms with E-state index in [1.165, 1.54) is 6.33 Å². The van der Waals surface area contributed by atoms with Gasteiger partial charge in [0.05, 0.1) is 0 Å². The van der Waals surface area contributed by atoms with Crippen LogP contribution in [0.2, 0.25) is 0 Å². The van der Waals surface area contributed by atoms with E-state index in [0.29, 0.717) is 5.56 Å². The lowest BCUT2D eigenvalue weighted by atomic mass is 10.0. The molecule has 3 aromatic rings. The Kier molecular flexibility index (Phi) is 2.30. The Morgan fingerprint density at radius 2 is 2.06 bits per heavy atom. The van der Waals surface area contributed by atoms with E-state index in [2.05, 4.69) is 10.1 Å². The summed E-state index contributed by atoms with van der Waals surface area (Å²) in [6, 6.07) is 11.0. The highest BCUT2D eigenvalue weighted by atomic mass is 16.1. The highest BCUT2D eigenvalue weighted by Gasteiger charge is 2.04. The van der Waals surface area contributed by atoms with Crippen molar-refractivity contribution >= 4 is 11.6 Å². The van der Waals surface area contributed by atoms with Crippen LogP contribution in [0.4, 0.5) is 0 Å². The summed E-state index contributed by atoms with van der Waals surface area (Å²) < 4.78 is 1.69. The maximum absolute atomic E-state index is 11.2. The van der Waals surface area contributed by atoms with E-state index in [-0.39, 0.29) is 0 Å². The number of carbonyl (C=O) groups excluding carboxylic acids is 1. The molecule has 0 spiro atoms. The number of carbonyl (C=O) groups is 1. The second kappa shape index (κ2) is 3.96. The summed E-state index contributed by atoms with van der Waals surface area (Å²) >= 11 is 0. The van der Waals surface area contributed by atoms with E-state index < -0.39 is 5.91 Å². The molecule has 0 fully saturated rings. The predicted molar refractivity (Wildman–Crippen MR) is 66.9 cm³/mol. The van der Waals surface area contributed by atoms with Crippen molar-refractivity contribution in [1.82, 2.24) is 14.6 Å². The van der Waals surface area contributed by atoms with Gasteiger partial charge in [0.25, 0.3) is 0 Å². The van der Waals surface area contributed by atoms with Gasteiger partial charge >= 0.3 is 0 Å². The Balaban J connectivity index is 2.13. The van der Waals surface area contributed by atoms with Crippen LogP contribution in [0.15, 0.2) is 48.9 Å². The molecule has 0 radical (unpaired) electrons. The summed E-state index contributed by atoms with van der Waals surface area (Å²) in [6.07, 6.45) is 3.36. The lowest BCUT2D eigenvalue weighted by Crippen LogP contribution is -2.10. The van der Waals surface area contributed by atoms with E-state index in [4.69, 9.17) is 5.73 Å². The number of fused-ring (bicyclic) bond motifs is 1. The number of benzene rings is 1. The molecule has 1 aromatic carbocycles. The van der Waals surface area contributed by atoms with Crippen LogP contribution in [0.3, 0.4) is 0 Å². The van der Waals surface area contributed by atoms with Crippen LogP contribution in [0.25, 0.3) is 16.8 Å². The number of primary amides is 1. The Morgan fingerprint density at radius 1 is 1.17 bits per heavy atom. The van der Waals surface area contributed by atoms with Gasteiger partial charge in [-0.1, -0.05) is 12.1 Å². The van der Waals surface area contributed by atoms with Gasteiger partial charge in [0, 0.05) is 17.3 Å². The number of pyridine rings is 1. The van der Waals surface area contributed by atoms with Gasteiger partial charge in [-0.15, -0.1) is 0 Å². The molecule has 88 valence electrons. The monoisotopic (exact) mass is 238 g/mol. The van der Waals surface area contributed by atoms with E-state index in [1.54, 1.807) is 22.7 Å². The number of amides is 1. The minimum Gasteiger partial charge on any atom is -0.366 e. The number of hydrogen-bond acceptors (Lipinski definition) is 3. The van der Waals surface area contributed by atoms with E-state index in [0.717, 1.165) is 16.8 Å². The molecule has 3 rings (SSSR count). The Morgan fingerprint density at radius 3 is 2.89 bits per heavy atom. The molecule has 2 aromatic heterocycles. The minimum absolute atomic E-state index is 0.432. The van der Waals surface area contributed by atoms with Crippen LogP contribution in [0, 0.1) is 0 Å². The van der Waals surface area contributed by atoms with E-state index >= 15 is 0 Å². The number of rotatable bonds is 2. The molecule has 5 heteroatoms. The zero-order valence-corrected chi connectivity index (χ0v) is 9.45. The van der Waals surface area contributed by atoms with Crippen LogP contribution in [-0.4, -0.2) is 20.5 Å². The summed E-state index contributed by atoms with van der Waals surface area (Å²) in [5.74, 6) is -0.432. The molecule has 0 aliphatic rings. The average molecular weight is 238 g/mol. The maximum atomic E-state index is 11.2. The lowest BCUT2D eigenvalue weighted by Gasteiger charge is -2.03. The van der Waals surface area contributed by atoms with Gasteiger partial charge in [0.1, 0.15) is 6.33 Å². The quantitative estimate of drug-likeness (QED) is 0.735. The molecule has 0 aliphatic heterocycles. The van der Waals surface area contributed by atoms with Gasteiger partial charge in [-0.3, -0.25) is 4.79 Å². The molecule has 0 unspecified atom stereocenters. The van der Waals surface area contributed by atoms with Crippen molar-refractivity contribution in [2.24, 2.45) is 5.73 Å². The standard InChI is InChI=1S/C13H10N4O/c14-13(18)10-3-1-2-9(6-10)11-4-5-12-15-8-16-17(12)7-11/h1-8H,(H2,14,18). The molecule has 0 aliphatic carbocycles. The van der Waals surface area contributed by atoms with Crippen molar-refractivity contribution in [3.05, 3.63) is 54.5 Å². The number of nitrogens with two attached hydrogens (primary N) is 1. The van der Waals surface area contributed by atoms with Crippen LogP contribution < -0.4 is 5.73 Å². The van der Waals surface area contributed by atoms with Crippen molar-refractivity contribution in [2.75, 3.05) is 0 Å². The van der Waals surface area contributed by atoms with E-state index in [9.17, 15) is 4.79 Å². The zero-order valence-electron chi connectivity index (χ0n) is 9.45. The molecule has 0 saturated heterocycles. The van der Waals surface area contributed by atoms with Gasteiger partial charge < -0.3 is 5.73 Å². The third-order valence-electron chi connectivity index (χ3n) is 2.75. The predicted octanol–water partition coefficient (Wildman–Crippen LogP) is 1.50. The molecule has 0 atom stereocenters. The summed E-state index contributed by atoms with van der Waals surface area (Å²) in [5.41, 5.74) is 8.42. The van der Waals surface area contributed by atoms with Crippen molar-refractivity contribution in [3.63, 3.8) is 0 Å². The first-order chi connectivity index (χ1) is 8.74. The second-order valence-corrected chi connectivity index (χ2v) is 3.93. The van der Waals surface area contributed by atoms with E-state index in [1.807, 2.05) is 24.4 Å². The molecule has 1 amide bonds. The van der Waals surface area contributed by atoms with Crippen LogP contribution >= 0.6 is 0 Å². The van der Waals surface area contributed by atoms with Crippen molar-refractivity contribution in [2.45, 2.75) is 0 Å². The summed E-state index contributed by atoms with van der Waals surface area (Å²) in [5, 5.41) is 4.08. The minimum atomic E-state index is -0.432. The first-order valence-corrected chi connectivity index (χ1v) is 5.44. The normalized spacial score (nSPS) is 10.7. The summed E-state index contributed by atoms with van der Waals surface area (Å²) in [7, 11) is 0. The molecule has 2 heterocycles. The van der Waals surface area contributed by atoms with Crippen molar-refractivity contribution in [1.29, 1.82) is 0 Å². The fourth-order valence-corrected chi connectivity index (χ4v) is 1.84. The third kappa shape index (κ3) is 1.71. The highest BCUT2D eigenvalue weighted by Crippen LogP contribution is 2.20. The highest BCUT2D eigenvalue weighted by molar-refractivity contribution is 5.94. The molecule has 0 saturated carbocycles. The Hall–Kier alpha value is -2.69. The molecule has 2 N–H and O–H groups in total. The number of aromatic nitrogens is 3. The van der Waals surface area contributed by atoms with Crippen molar-refractivity contribution in [3.8, 4) is 11.1 Å². The fraction of sp³-hybridized carbons (Fsp3) is 0. The first-order valence-electron chi connectivity index (χ1n) is 5.44. The topological polar surface area (TPSA) is 73.3 Å². The van der Waals surface area contributed by atoms with Gasteiger partial charge in [-0.05, 0) is 29.8 Å². The number of nitrogens with zero attached hydrogens (tertiary/aromatic N) is 3. The molecule has 5 nitrogen and oxygen atoms in total. The van der Waals surface area contributed by atoms with Crippen LogP contribution in [0.1, 0.15) is 10.4 Å². The van der Waals surface area contributed by atoms with Crippen molar-refractivity contribution < 1.29 is 4.79 Å². The Labute approximate surface area is 103 Å². The SMILES string of the molecule is NC(=O)c1cccc(-c2ccc3ncnn3c2)c1. The van der Waals surface area contributed by atoms with Gasteiger partial charge in [0.2, 0.25) is 5.91 Å². The lowest BCUT2D eigenvalue weighted by molar-refractivity contribution is 0.100. The zero-order chi connectivity index (χ0) is 12.5. The van der Waals surface area contributed by atoms with Crippen LogP contribution in [-0.2, 0) is 0 Å². The fourth-order valence-electron chi connectivity index (χ4n) is 1.84. The second-order valence-electron chi connectivity index (χ2n) is 3.93. The Bertz CT molecular complexity index is 732.